The second-order valence-corrected chi connectivity index (χ2v) is 11.5. The van der Waals surface area contributed by atoms with Crippen molar-refractivity contribution in [2.45, 2.75) is 25.9 Å². The van der Waals surface area contributed by atoms with Crippen molar-refractivity contribution in [3.8, 4) is 11.8 Å². The minimum Gasteiger partial charge on any atom is -0.459 e. The van der Waals surface area contributed by atoms with Gasteiger partial charge < -0.3 is 19.7 Å². The maximum Gasteiger partial charge on any atom is 0.291 e. The topological polar surface area (TPSA) is 133 Å². The Morgan fingerprint density at radius 1 is 1.07 bits per heavy atom. The van der Waals surface area contributed by atoms with E-state index in [-0.39, 0.29) is 23.8 Å². The van der Waals surface area contributed by atoms with Gasteiger partial charge in [-0.3, -0.25) is 19.4 Å². The van der Waals surface area contributed by atoms with E-state index >= 15 is 0 Å². The van der Waals surface area contributed by atoms with Gasteiger partial charge in [-0.05, 0) is 62.2 Å². The van der Waals surface area contributed by atoms with Crippen LogP contribution in [0.15, 0.2) is 89.8 Å². The third-order valence-corrected chi connectivity index (χ3v) is 8.18. The van der Waals surface area contributed by atoms with Crippen molar-refractivity contribution in [2.24, 2.45) is 0 Å². The summed E-state index contributed by atoms with van der Waals surface area (Å²) in [5, 5.41) is 12.7. The molecule has 1 aliphatic rings. The number of aliphatic hydroxyl groups excluding tert-OH is 1. The summed E-state index contributed by atoms with van der Waals surface area (Å²) in [6.45, 7) is 2.43. The minimum atomic E-state index is -2.04. The van der Waals surface area contributed by atoms with Gasteiger partial charge in [0, 0.05) is 47.9 Å². The largest absolute Gasteiger partial charge is 0.459 e. The summed E-state index contributed by atoms with van der Waals surface area (Å²) in [5.74, 6) is 4.45. The van der Waals surface area contributed by atoms with Gasteiger partial charge in [0.15, 0.2) is 5.76 Å². The van der Waals surface area contributed by atoms with Gasteiger partial charge in [-0.1, -0.05) is 36.1 Å². The molecular weight excluding hydrogens is 580 g/mol. The van der Waals surface area contributed by atoms with Crippen molar-refractivity contribution < 1.29 is 28.1 Å². The summed E-state index contributed by atoms with van der Waals surface area (Å²) in [6.07, 6.45) is 4.97. The van der Waals surface area contributed by atoms with E-state index in [0.29, 0.717) is 41.9 Å². The van der Waals surface area contributed by atoms with Gasteiger partial charge in [-0.15, -0.1) is 0 Å². The number of amides is 3. The van der Waals surface area contributed by atoms with Crippen LogP contribution in [0.2, 0.25) is 0 Å². The van der Waals surface area contributed by atoms with Gasteiger partial charge in [0.2, 0.25) is 5.91 Å². The number of nitrogens with one attached hydrogen (secondary N) is 1. The van der Waals surface area contributed by atoms with Gasteiger partial charge in [-0.25, -0.2) is 8.51 Å². The molecule has 44 heavy (non-hydrogen) atoms. The summed E-state index contributed by atoms with van der Waals surface area (Å²) in [6, 6.07) is 18.7. The number of anilines is 2. The van der Waals surface area contributed by atoms with Crippen LogP contribution in [-0.4, -0.2) is 61.9 Å². The molecule has 5 rings (SSSR count). The molecule has 1 saturated heterocycles. The van der Waals surface area contributed by atoms with Crippen molar-refractivity contribution in [2.75, 3.05) is 28.5 Å². The minimum absolute atomic E-state index is 0.143. The summed E-state index contributed by atoms with van der Waals surface area (Å²) >= 11 is 0. The molecule has 2 atom stereocenters. The third-order valence-electron chi connectivity index (χ3n) is 6.90. The molecule has 224 valence electrons. The monoisotopic (exact) mass is 610 g/mol. The average Bonchev–Trinajstić information content (AvgIpc) is 3.47. The molecule has 1 fully saturated rings. The van der Waals surface area contributed by atoms with Gasteiger partial charge in [0.05, 0.1) is 23.6 Å². The van der Waals surface area contributed by atoms with E-state index in [1.54, 1.807) is 73.7 Å². The number of nitrogens with zero attached hydrogens (tertiary/aromatic N) is 3. The van der Waals surface area contributed by atoms with Crippen LogP contribution in [0.5, 0.6) is 0 Å². The Bertz CT molecular complexity index is 1760. The van der Waals surface area contributed by atoms with Gasteiger partial charge in [-0.2, -0.15) is 0 Å². The Morgan fingerprint density at radius 3 is 2.61 bits per heavy atom. The molecule has 4 aromatic rings. The first kappa shape index (κ1) is 30.4. The number of likely N-dealkylation sites (tertiary alicyclic amines) is 1. The molecule has 10 nitrogen and oxygen atoms in total. The zero-order chi connectivity index (χ0) is 31.1. The molecule has 2 aromatic carbocycles. The number of hydrogen-bond donors (Lipinski definition) is 2. The molecule has 11 heteroatoms. The fraction of sp³-hybridized carbons (Fsp3) is 0.212. The summed E-state index contributed by atoms with van der Waals surface area (Å²) < 4.78 is 19.8. The van der Waals surface area contributed by atoms with E-state index in [0.717, 1.165) is 9.87 Å². The maximum absolute atomic E-state index is 13.7. The van der Waals surface area contributed by atoms with Crippen LogP contribution in [0.1, 0.15) is 50.4 Å². The first-order chi connectivity index (χ1) is 21.3. The van der Waals surface area contributed by atoms with Crippen LogP contribution in [0, 0.1) is 18.8 Å². The van der Waals surface area contributed by atoms with E-state index < -0.39 is 34.7 Å². The van der Waals surface area contributed by atoms with Gasteiger partial charge in [0.1, 0.15) is 16.7 Å². The second-order valence-electron chi connectivity index (χ2n) is 10.2. The number of carbonyl (C=O) groups excluding carboxylic acids is 3. The highest BCUT2D eigenvalue weighted by Crippen LogP contribution is 2.21. The molecule has 0 aliphatic carbocycles. The molecule has 2 aromatic heterocycles. The van der Waals surface area contributed by atoms with Crippen LogP contribution in [-0.2, 0) is 15.8 Å². The molecule has 2 N–H and O–H groups in total. The van der Waals surface area contributed by atoms with Crippen LogP contribution >= 0.6 is 0 Å². The van der Waals surface area contributed by atoms with Gasteiger partial charge in [0.25, 0.3) is 11.8 Å². The smallest absolute Gasteiger partial charge is 0.291 e. The number of rotatable bonds is 7. The Morgan fingerprint density at radius 2 is 1.86 bits per heavy atom. The Labute approximate surface area is 257 Å². The number of benzene rings is 2. The van der Waals surface area contributed by atoms with Crippen molar-refractivity contribution in [1.82, 2.24) is 9.88 Å². The number of aryl methyl sites for hydroxylation is 1. The molecule has 3 heterocycles. The van der Waals surface area contributed by atoms with Gasteiger partial charge >= 0.3 is 0 Å². The predicted molar refractivity (Wildman–Crippen MR) is 166 cm³/mol. The lowest BCUT2D eigenvalue weighted by molar-refractivity contribution is -0.131. The zero-order valence-electron chi connectivity index (χ0n) is 23.9. The first-order valence-corrected chi connectivity index (χ1v) is 15.2. The standard InChI is InChI=1S/C33H30N4O6S/c1-23-14-16-43-31(23)32(40)35-27-8-5-7-24(18-27)12-13-25-17-26(20-34-19-25)33(41)37(28-9-3-2-4-10-28)44(42)22-30(39)36-15-6-11-29(38)21-36/h2-5,7-10,14,16-20,29,38H,6,11,15,21-22H2,1H3,(H,35,40)/t29?,44-/m0/s1. The van der Waals surface area contributed by atoms with E-state index in [9.17, 15) is 23.7 Å². The molecular formula is C33H30N4O6S. The fourth-order valence-electron chi connectivity index (χ4n) is 4.69. The quantitative estimate of drug-likeness (QED) is 0.303. The lowest BCUT2D eigenvalue weighted by Crippen LogP contribution is -2.46. The highest BCUT2D eigenvalue weighted by Gasteiger charge is 2.29. The molecule has 3 amide bonds. The summed E-state index contributed by atoms with van der Waals surface area (Å²) in [5.41, 5.74) is 2.82. The number of piperidine rings is 1. The van der Waals surface area contributed by atoms with Crippen LogP contribution in [0.4, 0.5) is 11.4 Å². The number of carbonyl (C=O) groups is 3. The summed E-state index contributed by atoms with van der Waals surface area (Å²) in [7, 11) is -2.04. The Hall–Kier alpha value is -5.05. The van der Waals surface area contributed by atoms with Crippen molar-refractivity contribution in [1.29, 1.82) is 0 Å². The number of pyridine rings is 1. The van der Waals surface area contributed by atoms with E-state index in [1.807, 2.05) is 0 Å². The number of para-hydroxylation sites is 1. The van der Waals surface area contributed by atoms with E-state index in [2.05, 4.69) is 22.1 Å². The lowest BCUT2D eigenvalue weighted by Gasteiger charge is -2.30. The van der Waals surface area contributed by atoms with Crippen LogP contribution in [0.3, 0.4) is 0 Å². The number of hydrogen-bond acceptors (Lipinski definition) is 7. The highest BCUT2D eigenvalue weighted by atomic mass is 32.2. The lowest BCUT2D eigenvalue weighted by atomic mass is 10.1. The summed E-state index contributed by atoms with van der Waals surface area (Å²) in [4.78, 5) is 44.8. The zero-order valence-corrected chi connectivity index (χ0v) is 24.8. The number of aromatic nitrogens is 1. The van der Waals surface area contributed by atoms with E-state index in [4.69, 9.17) is 4.42 Å². The SMILES string of the molecule is Cc1ccoc1C(=O)Nc1cccc(C#Cc2cncc(C(=O)N(c3ccccc3)[S@@](=O)CC(=O)N3CCCC(O)C3)c2)c1. The number of aliphatic hydroxyl groups is 1. The molecule has 0 spiro atoms. The normalized spacial score (nSPS) is 15.0. The number of β-amino-alcohol motifs (C(OH)–C–C–N with tert-alkyl or cyclic N) is 1. The molecule has 1 unspecified atom stereocenters. The molecule has 1 aliphatic heterocycles. The molecule has 0 radical (unpaired) electrons. The highest BCUT2D eigenvalue weighted by molar-refractivity contribution is 7.88. The number of furan rings is 1. The predicted octanol–water partition coefficient (Wildman–Crippen LogP) is 3.93. The Kier molecular flexibility index (Phi) is 9.64. The van der Waals surface area contributed by atoms with Crippen molar-refractivity contribution >= 4 is 40.1 Å². The average molecular weight is 611 g/mol. The molecule has 0 saturated carbocycles. The third kappa shape index (κ3) is 7.47. The van der Waals surface area contributed by atoms with Crippen LogP contribution in [0.25, 0.3) is 0 Å². The van der Waals surface area contributed by atoms with Crippen molar-refractivity contribution in [3.63, 3.8) is 0 Å². The van der Waals surface area contributed by atoms with E-state index in [1.165, 1.54) is 23.6 Å². The van der Waals surface area contributed by atoms with Crippen LogP contribution < -0.4 is 9.62 Å². The molecule has 0 bridgehead atoms. The fourth-order valence-corrected chi connectivity index (χ4v) is 5.86. The maximum atomic E-state index is 13.7. The second kappa shape index (κ2) is 13.9. The first-order valence-electron chi connectivity index (χ1n) is 13.9. The Balaban J connectivity index is 1.33. The van der Waals surface area contributed by atoms with Crippen molar-refractivity contribution in [3.05, 3.63) is 113 Å².